The highest BCUT2D eigenvalue weighted by atomic mass is 16.2. The molecule has 21 heavy (non-hydrogen) atoms. The summed E-state index contributed by atoms with van der Waals surface area (Å²) in [5.41, 5.74) is 0.434. The van der Waals surface area contributed by atoms with Crippen LogP contribution in [0.4, 0.5) is 0 Å². The minimum Gasteiger partial charge on any atom is -0.245 e. The lowest BCUT2D eigenvalue weighted by Crippen LogP contribution is -2.45. The summed E-state index contributed by atoms with van der Waals surface area (Å²) < 4.78 is 5.02. The lowest BCUT2D eigenvalue weighted by atomic mass is 9.89. The highest BCUT2D eigenvalue weighted by Crippen LogP contribution is 2.91. The molecule has 6 aliphatic rings. The molecule has 0 radical (unpaired) electrons. The Kier molecular flexibility index (Phi) is 1.19. The Morgan fingerprint density at radius 2 is 1.14 bits per heavy atom. The summed E-state index contributed by atoms with van der Waals surface area (Å²) in [5, 5.41) is 0. The predicted octanol–water partition coefficient (Wildman–Crippen LogP) is 0.648. The summed E-state index contributed by atoms with van der Waals surface area (Å²) in [4.78, 5) is 25.7. The van der Waals surface area contributed by atoms with Crippen LogP contribution in [-0.4, -0.2) is 13.9 Å². The largest absolute Gasteiger partial charge is 0.352 e. The van der Waals surface area contributed by atoms with Crippen LogP contribution in [0, 0.1) is 35.5 Å². The van der Waals surface area contributed by atoms with Gasteiger partial charge in [0, 0.05) is 0 Å². The standard InChI is InChI=1S/C16H13N3O2/c20-15-17(6-4-2-1-3-5-6)16(21)19-14-10-7-8-11(12(8)14)13(9(7)10)18(15)19/h1-5,7-14H/t7?,8?,9-,10+,11-,12+,13?,14?. The molecule has 4 aliphatic carbocycles. The highest BCUT2D eigenvalue weighted by molar-refractivity contribution is 5.38. The second-order valence-corrected chi connectivity index (χ2v) is 7.37. The first-order valence-corrected chi connectivity index (χ1v) is 7.82. The third kappa shape index (κ3) is 0.753. The van der Waals surface area contributed by atoms with Crippen LogP contribution in [0.25, 0.3) is 5.69 Å². The second-order valence-electron chi connectivity index (χ2n) is 7.37. The van der Waals surface area contributed by atoms with E-state index in [0.717, 1.165) is 11.8 Å². The highest BCUT2D eigenvalue weighted by Gasteiger charge is 2.90. The van der Waals surface area contributed by atoms with Crippen LogP contribution in [0.15, 0.2) is 39.9 Å². The first kappa shape index (κ1) is 9.82. The Hall–Kier alpha value is -2.04. The molecule has 3 heterocycles. The van der Waals surface area contributed by atoms with Crippen LogP contribution < -0.4 is 11.4 Å². The van der Waals surface area contributed by atoms with Gasteiger partial charge in [0.1, 0.15) is 0 Å². The molecular weight excluding hydrogens is 266 g/mol. The molecule has 5 nitrogen and oxygen atoms in total. The van der Waals surface area contributed by atoms with Crippen LogP contribution in [0.3, 0.4) is 0 Å². The van der Waals surface area contributed by atoms with Crippen molar-refractivity contribution in [3.05, 3.63) is 51.3 Å². The van der Waals surface area contributed by atoms with Crippen LogP contribution in [0.2, 0.25) is 0 Å². The van der Waals surface area contributed by atoms with Gasteiger partial charge in [-0.1, -0.05) is 18.2 Å². The Bertz CT molecular complexity index is 875. The predicted molar refractivity (Wildman–Crippen MR) is 73.3 cm³/mol. The molecular formula is C16H13N3O2. The lowest BCUT2D eigenvalue weighted by molar-refractivity contribution is 0.112. The smallest absolute Gasteiger partial charge is 0.245 e. The quantitative estimate of drug-likeness (QED) is 0.769. The lowest BCUT2D eigenvalue weighted by Gasteiger charge is -2.36. The Labute approximate surface area is 119 Å². The molecule has 2 unspecified atom stereocenters. The van der Waals surface area contributed by atoms with E-state index in [4.69, 9.17) is 0 Å². The van der Waals surface area contributed by atoms with Crippen molar-refractivity contribution in [1.29, 1.82) is 0 Å². The fourth-order valence-corrected chi connectivity index (χ4v) is 6.59. The van der Waals surface area contributed by atoms with Crippen molar-refractivity contribution in [3.8, 4) is 5.69 Å². The van der Waals surface area contributed by atoms with Gasteiger partial charge in [-0.05, 0) is 47.6 Å². The number of para-hydroxylation sites is 1. The number of aromatic nitrogens is 3. The fraction of sp³-hybridized carbons (Fsp3) is 0.500. The second kappa shape index (κ2) is 2.56. The molecule has 0 spiro atoms. The molecule has 4 fully saturated rings. The van der Waals surface area contributed by atoms with Crippen LogP contribution in [-0.2, 0) is 0 Å². The average Bonchev–Trinajstić information content (AvgIpc) is 3.32. The maximum absolute atomic E-state index is 12.9. The van der Waals surface area contributed by atoms with Gasteiger partial charge in [0.25, 0.3) is 0 Å². The third-order valence-corrected chi connectivity index (χ3v) is 6.99. The van der Waals surface area contributed by atoms with E-state index in [0.29, 0.717) is 41.4 Å². The van der Waals surface area contributed by atoms with Gasteiger partial charge in [-0.2, -0.15) is 0 Å². The molecule has 0 amide bonds. The molecule has 0 saturated heterocycles. The van der Waals surface area contributed by atoms with Crippen molar-refractivity contribution in [2.45, 2.75) is 12.1 Å². The van der Waals surface area contributed by atoms with E-state index >= 15 is 0 Å². The number of benzene rings is 1. The topological polar surface area (TPSA) is 48.9 Å². The molecule has 1 aromatic carbocycles. The Morgan fingerprint density at radius 1 is 0.667 bits per heavy atom. The maximum Gasteiger partial charge on any atom is 0.352 e. The van der Waals surface area contributed by atoms with Crippen LogP contribution >= 0.6 is 0 Å². The molecule has 1 aromatic heterocycles. The summed E-state index contributed by atoms with van der Waals surface area (Å²) in [6.07, 6.45) is 0. The molecule has 6 atom stereocenters. The number of hydrogen-bond donors (Lipinski definition) is 0. The van der Waals surface area contributed by atoms with E-state index in [2.05, 4.69) is 0 Å². The van der Waals surface area contributed by atoms with Gasteiger partial charge >= 0.3 is 11.4 Å². The van der Waals surface area contributed by atoms with Crippen molar-refractivity contribution in [2.24, 2.45) is 35.5 Å². The molecule has 8 rings (SSSR count). The van der Waals surface area contributed by atoms with Crippen LogP contribution in [0.1, 0.15) is 12.1 Å². The number of rotatable bonds is 1. The zero-order chi connectivity index (χ0) is 13.6. The van der Waals surface area contributed by atoms with E-state index in [-0.39, 0.29) is 11.4 Å². The Balaban J connectivity index is 1.59. The third-order valence-electron chi connectivity index (χ3n) is 6.99. The average molecular weight is 279 g/mol. The molecule has 2 bridgehead atoms. The van der Waals surface area contributed by atoms with E-state index in [1.54, 1.807) is 0 Å². The summed E-state index contributed by atoms with van der Waals surface area (Å²) in [6, 6.07) is 9.97. The number of nitrogens with zero attached hydrogens (tertiary/aromatic N) is 3. The van der Waals surface area contributed by atoms with E-state index in [1.165, 1.54) is 4.57 Å². The van der Waals surface area contributed by atoms with Gasteiger partial charge in [-0.3, -0.25) is 0 Å². The Morgan fingerprint density at radius 3 is 1.62 bits per heavy atom. The number of hydrogen-bond acceptors (Lipinski definition) is 2. The molecule has 2 aliphatic heterocycles. The molecule has 4 saturated carbocycles. The molecule has 2 aromatic rings. The fourth-order valence-electron chi connectivity index (χ4n) is 6.59. The van der Waals surface area contributed by atoms with Gasteiger partial charge < -0.3 is 0 Å². The van der Waals surface area contributed by atoms with Gasteiger partial charge in [0.05, 0.1) is 17.8 Å². The monoisotopic (exact) mass is 279 g/mol. The first-order valence-electron chi connectivity index (χ1n) is 7.82. The van der Waals surface area contributed by atoms with E-state index in [1.807, 2.05) is 39.7 Å². The zero-order valence-corrected chi connectivity index (χ0v) is 11.2. The van der Waals surface area contributed by atoms with E-state index < -0.39 is 0 Å². The SMILES string of the molecule is O=c1n(-c2ccccc2)c(=O)n2n1C1[C@H]3C4C5[C@H]1[C@@H]5C2[C@H]43. The summed E-state index contributed by atoms with van der Waals surface area (Å²) in [5.74, 6) is 4.51. The zero-order valence-electron chi connectivity index (χ0n) is 11.2. The first-order chi connectivity index (χ1) is 10.3. The van der Waals surface area contributed by atoms with Gasteiger partial charge in [0.2, 0.25) is 0 Å². The molecule has 5 heteroatoms. The van der Waals surface area contributed by atoms with Gasteiger partial charge in [-0.15, -0.1) is 0 Å². The van der Waals surface area contributed by atoms with Crippen molar-refractivity contribution < 1.29 is 0 Å². The van der Waals surface area contributed by atoms with Gasteiger partial charge in [-0.25, -0.2) is 23.5 Å². The summed E-state index contributed by atoms with van der Waals surface area (Å²) in [7, 11) is 0. The summed E-state index contributed by atoms with van der Waals surface area (Å²) in [6.45, 7) is 0. The van der Waals surface area contributed by atoms with Crippen molar-refractivity contribution in [1.82, 2.24) is 13.9 Å². The molecule has 104 valence electrons. The van der Waals surface area contributed by atoms with Crippen molar-refractivity contribution >= 4 is 0 Å². The summed E-state index contributed by atoms with van der Waals surface area (Å²) >= 11 is 0. The minimum absolute atomic E-state index is 0.128. The van der Waals surface area contributed by atoms with Crippen molar-refractivity contribution in [2.75, 3.05) is 0 Å². The maximum atomic E-state index is 12.9. The van der Waals surface area contributed by atoms with E-state index in [9.17, 15) is 9.59 Å². The molecule has 0 N–H and O–H groups in total. The van der Waals surface area contributed by atoms with Crippen LogP contribution in [0.5, 0.6) is 0 Å². The van der Waals surface area contributed by atoms with Gasteiger partial charge in [0.15, 0.2) is 0 Å². The van der Waals surface area contributed by atoms with Crippen molar-refractivity contribution in [3.63, 3.8) is 0 Å². The normalized spacial score (nSPS) is 48.4. The minimum atomic E-state index is -0.128.